The van der Waals surface area contributed by atoms with Crippen LogP contribution in [0, 0.1) is 5.92 Å². The lowest BCUT2D eigenvalue weighted by Gasteiger charge is -2.19. The first-order valence-corrected chi connectivity index (χ1v) is 7.28. The molecule has 2 rings (SSSR count). The van der Waals surface area contributed by atoms with Gasteiger partial charge in [0, 0.05) is 13.0 Å². The average Bonchev–Trinajstić information content (AvgIpc) is 2.80. The number of nitrogens with two attached hydrogens (primary N) is 1. The SMILES string of the molecule is CCCC1CCC(=O)N(Cc2ccc(CN)o2)CC1. The fourth-order valence-electron chi connectivity index (χ4n) is 2.76. The molecule has 0 saturated carbocycles. The van der Waals surface area contributed by atoms with Crippen molar-refractivity contribution in [3.8, 4) is 0 Å². The highest BCUT2D eigenvalue weighted by molar-refractivity contribution is 5.76. The maximum atomic E-state index is 12.1. The molecule has 19 heavy (non-hydrogen) atoms. The second-order valence-corrected chi connectivity index (χ2v) is 5.37. The monoisotopic (exact) mass is 264 g/mol. The molecule has 4 nitrogen and oxygen atoms in total. The van der Waals surface area contributed by atoms with Crippen LogP contribution >= 0.6 is 0 Å². The quantitative estimate of drug-likeness (QED) is 0.889. The van der Waals surface area contributed by atoms with Crippen molar-refractivity contribution in [2.24, 2.45) is 11.7 Å². The minimum absolute atomic E-state index is 0.254. The molecule has 0 aromatic carbocycles. The fraction of sp³-hybridized carbons (Fsp3) is 0.667. The highest BCUT2D eigenvalue weighted by Gasteiger charge is 2.22. The van der Waals surface area contributed by atoms with E-state index in [0.29, 0.717) is 25.4 Å². The Hall–Kier alpha value is -1.29. The summed E-state index contributed by atoms with van der Waals surface area (Å²) in [7, 11) is 0. The van der Waals surface area contributed by atoms with E-state index in [1.165, 1.54) is 12.8 Å². The zero-order valence-corrected chi connectivity index (χ0v) is 11.7. The van der Waals surface area contributed by atoms with Crippen molar-refractivity contribution in [2.75, 3.05) is 6.54 Å². The summed E-state index contributed by atoms with van der Waals surface area (Å²) in [4.78, 5) is 14.0. The lowest BCUT2D eigenvalue weighted by molar-refractivity contribution is -0.131. The predicted molar refractivity (Wildman–Crippen MR) is 74.3 cm³/mol. The summed E-state index contributed by atoms with van der Waals surface area (Å²) in [6, 6.07) is 3.81. The van der Waals surface area contributed by atoms with Crippen LogP contribution in [0.2, 0.25) is 0 Å². The van der Waals surface area contributed by atoms with Crippen LogP contribution in [0.1, 0.15) is 50.5 Å². The summed E-state index contributed by atoms with van der Waals surface area (Å²) >= 11 is 0. The maximum absolute atomic E-state index is 12.1. The number of hydrogen-bond donors (Lipinski definition) is 1. The largest absolute Gasteiger partial charge is 0.463 e. The number of furan rings is 1. The van der Waals surface area contributed by atoms with Crippen LogP contribution in [0.5, 0.6) is 0 Å². The Bertz CT molecular complexity index is 414. The van der Waals surface area contributed by atoms with Crippen LogP contribution < -0.4 is 5.73 Å². The average molecular weight is 264 g/mol. The number of carbonyl (C=O) groups excluding carboxylic acids is 1. The molecule has 0 aliphatic carbocycles. The molecule has 1 unspecified atom stereocenters. The molecule has 2 N–H and O–H groups in total. The normalized spacial score (nSPS) is 20.6. The molecule has 1 saturated heterocycles. The molecule has 0 radical (unpaired) electrons. The van der Waals surface area contributed by atoms with Gasteiger partial charge >= 0.3 is 0 Å². The topological polar surface area (TPSA) is 59.5 Å². The number of nitrogens with zero attached hydrogens (tertiary/aromatic N) is 1. The van der Waals surface area contributed by atoms with Crippen molar-refractivity contribution in [1.82, 2.24) is 4.90 Å². The third-order valence-electron chi connectivity index (χ3n) is 3.89. The van der Waals surface area contributed by atoms with E-state index in [1.54, 1.807) is 0 Å². The van der Waals surface area contributed by atoms with E-state index in [-0.39, 0.29) is 5.91 Å². The summed E-state index contributed by atoms with van der Waals surface area (Å²) in [6.45, 7) is 4.05. The van der Waals surface area contributed by atoms with Crippen molar-refractivity contribution < 1.29 is 9.21 Å². The molecule has 4 heteroatoms. The molecule has 1 aromatic heterocycles. The van der Waals surface area contributed by atoms with E-state index in [0.717, 1.165) is 30.9 Å². The molecule has 0 spiro atoms. The minimum atomic E-state index is 0.254. The van der Waals surface area contributed by atoms with Gasteiger partial charge in [-0.2, -0.15) is 0 Å². The van der Waals surface area contributed by atoms with E-state index in [2.05, 4.69) is 6.92 Å². The van der Waals surface area contributed by atoms with Gasteiger partial charge < -0.3 is 15.1 Å². The Kier molecular flexibility index (Phi) is 5.02. The molecular weight excluding hydrogens is 240 g/mol. The van der Waals surface area contributed by atoms with Crippen LogP contribution in [0.25, 0.3) is 0 Å². The number of amides is 1. The number of rotatable bonds is 5. The van der Waals surface area contributed by atoms with Crippen molar-refractivity contribution in [3.05, 3.63) is 23.7 Å². The van der Waals surface area contributed by atoms with Crippen LogP contribution in [0.15, 0.2) is 16.5 Å². The lowest BCUT2D eigenvalue weighted by Crippen LogP contribution is -2.29. The summed E-state index contributed by atoms with van der Waals surface area (Å²) in [6.07, 6.45) is 5.27. The Balaban J connectivity index is 1.93. The van der Waals surface area contributed by atoms with Gasteiger partial charge in [0.15, 0.2) is 0 Å². The summed E-state index contributed by atoms with van der Waals surface area (Å²) in [5, 5.41) is 0. The van der Waals surface area contributed by atoms with Crippen molar-refractivity contribution in [3.63, 3.8) is 0 Å². The summed E-state index contributed by atoms with van der Waals surface area (Å²) in [5.41, 5.74) is 5.53. The van der Waals surface area contributed by atoms with Crippen LogP contribution in [0.4, 0.5) is 0 Å². The van der Waals surface area contributed by atoms with Crippen molar-refractivity contribution in [1.29, 1.82) is 0 Å². The highest BCUT2D eigenvalue weighted by Crippen LogP contribution is 2.23. The van der Waals surface area contributed by atoms with E-state index in [1.807, 2.05) is 17.0 Å². The number of hydrogen-bond acceptors (Lipinski definition) is 3. The lowest BCUT2D eigenvalue weighted by atomic mass is 9.96. The van der Waals surface area contributed by atoms with Gasteiger partial charge in [-0.15, -0.1) is 0 Å². The minimum Gasteiger partial charge on any atom is -0.463 e. The molecule has 1 aromatic rings. The fourth-order valence-corrected chi connectivity index (χ4v) is 2.76. The first-order valence-electron chi connectivity index (χ1n) is 7.28. The van der Waals surface area contributed by atoms with E-state index < -0.39 is 0 Å². The van der Waals surface area contributed by atoms with Gasteiger partial charge in [0.25, 0.3) is 0 Å². The smallest absolute Gasteiger partial charge is 0.222 e. The molecule has 1 fully saturated rings. The second kappa shape index (κ2) is 6.75. The van der Waals surface area contributed by atoms with Gasteiger partial charge in [0.05, 0.1) is 13.1 Å². The number of likely N-dealkylation sites (tertiary alicyclic amines) is 1. The zero-order chi connectivity index (χ0) is 13.7. The van der Waals surface area contributed by atoms with E-state index in [4.69, 9.17) is 10.2 Å². The standard InChI is InChI=1S/C15H24N2O2/c1-2-3-12-4-7-15(18)17(9-8-12)11-14-6-5-13(10-16)19-14/h5-6,12H,2-4,7-11,16H2,1H3. The Morgan fingerprint density at radius 2 is 2.16 bits per heavy atom. The molecule has 1 amide bonds. The molecule has 106 valence electrons. The van der Waals surface area contributed by atoms with Gasteiger partial charge in [-0.25, -0.2) is 0 Å². The van der Waals surface area contributed by atoms with Gasteiger partial charge in [-0.1, -0.05) is 19.8 Å². The third-order valence-corrected chi connectivity index (χ3v) is 3.89. The molecule has 1 aliphatic heterocycles. The third kappa shape index (κ3) is 3.83. The summed E-state index contributed by atoms with van der Waals surface area (Å²) < 4.78 is 5.58. The summed E-state index contributed by atoms with van der Waals surface area (Å²) in [5.74, 6) is 2.57. The zero-order valence-electron chi connectivity index (χ0n) is 11.7. The second-order valence-electron chi connectivity index (χ2n) is 5.37. The van der Waals surface area contributed by atoms with Gasteiger partial charge in [-0.3, -0.25) is 4.79 Å². The van der Waals surface area contributed by atoms with Crippen molar-refractivity contribution in [2.45, 2.75) is 52.1 Å². The van der Waals surface area contributed by atoms with Crippen molar-refractivity contribution >= 4 is 5.91 Å². The maximum Gasteiger partial charge on any atom is 0.222 e. The van der Waals surface area contributed by atoms with Gasteiger partial charge in [0.2, 0.25) is 5.91 Å². The molecule has 1 aliphatic rings. The molecule has 0 bridgehead atoms. The Morgan fingerprint density at radius 3 is 2.84 bits per heavy atom. The Labute approximate surface area is 114 Å². The first-order chi connectivity index (χ1) is 9.22. The molecule has 2 heterocycles. The van der Waals surface area contributed by atoms with Crippen LogP contribution in [-0.2, 0) is 17.9 Å². The first kappa shape index (κ1) is 14.1. The molecular formula is C15H24N2O2. The highest BCUT2D eigenvalue weighted by atomic mass is 16.3. The van der Waals surface area contributed by atoms with Crippen LogP contribution in [-0.4, -0.2) is 17.4 Å². The molecule has 1 atom stereocenters. The van der Waals surface area contributed by atoms with Gasteiger partial charge in [0.1, 0.15) is 11.5 Å². The number of carbonyl (C=O) groups is 1. The van der Waals surface area contributed by atoms with Gasteiger partial charge in [-0.05, 0) is 30.9 Å². The van der Waals surface area contributed by atoms with E-state index in [9.17, 15) is 4.79 Å². The van der Waals surface area contributed by atoms with E-state index >= 15 is 0 Å². The Morgan fingerprint density at radius 1 is 1.37 bits per heavy atom. The predicted octanol–water partition coefficient (Wildman–Crippen LogP) is 2.67. The van der Waals surface area contributed by atoms with Crippen LogP contribution in [0.3, 0.4) is 0 Å².